The lowest BCUT2D eigenvalue weighted by Gasteiger charge is -2.19. The van der Waals surface area contributed by atoms with Crippen molar-refractivity contribution in [2.75, 3.05) is 44.5 Å². The molecule has 9 nitrogen and oxygen atoms in total. The number of rotatable bonds is 11. The molecule has 1 aliphatic rings. The van der Waals surface area contributed by atoms with Crippen LogP contribution < -0.4 is 20.1 Å². The molecule has 2 N–H and O–H groups in total. The van der Waals surface area contributed by atoms with E-state index in [0.29, 0.717) is 76.4 Å². The van der Waals surface area contributed by atoms with Crippen LogP contribution in [-0.4, -0.2) is 55.7 Å². The van der Waals surface area contributed by atoms with Crippen molar-refractivity contribution < 1.29 is 19.0 Å². The number of pyridine rings is 1. The molecule has 10 heteroatoms. The number of nitriles is 1. The number of benzene rings is 3. The zero-order valence-electron chi connectivity index (χ0n) is 27.4. The van der Waals surface area contributed by atoms with Crippen LogP contribution in [0.15, 0.2) is 72.9 Å². The van der Waals surface area contributed by atoms with Gasteiger partial charge in [-0.2, -0.15) is 5.26 Å². The fourth-order valence-electron chi connectivity index (χ4n) is 5.07. The Morgan fingerprint density at radius 2 is 1.94 bits per heavy atom. The Bertz CT molecular complexity index is 1800. The molecule has 1 atom stereocenters. The highest BCUT2D eigenvalue weighted by molar-refractivity contribution is 6.32. The second kappa shape index (κ2) is 14.9. The largest absolute Gasteiger partial charge is 0.487 e. The van der Waals surface area contributed by atoms with Crippen molar-refractivity contribution >= 4 is 45.5 Å². The van der Waals surface area contributed by atoms with Gasteiger partial charge in [0.15, 0.2) is 0 Å². The van der Waals surface area contributed by atoms with E-state index in [4.69, 9.17) is 25.8 Å². The van der Waals surface area contributed by atoms with Crippen LogP contribution in [0.5, 0.6) is 11.5 Å². The van der Waals surface area contributed by atoms with Crippen molar-refractivity contribution in [3.8, 4) is 17.6 Å². The molecule has 1 aromatic heterocycles. The van der Waals surface area contributed by atoms with Crippen LogP contribution in [0.4, 0.5) is 17.1 Å². The van der Waals surface area contributed by atoms with Gasteiger partial charge < -0.3 is 29.7 Å². The number of anilines is 3. The summed E-state index contributed by atoms with van der Waals surface area (Å²) in [5.41, 5.74) is 4.93. The number of amides is 1. The normalized spacial score (nSPS) is 14.8. The van der Waals surface area contributed by atoms with Crippen LogP contribution in [0.3, 0.4) is 0 Å². The molecule has 1 unspecified atom stereocenters. The Kier molecular flexibility index (Phi) is 10.7. The molecule has 0 radical (unpaired) electrons. The van der Waals surface area contributed by atoms with Gasteiger partial charge in [0.05, 0.1) is 40.7 Å². The third-order valence-electron chi connectivity index (χ3n) is 7.68. The molecule has 1 aliphatic heterocycles. The molecule has 1 fully saturated rings. The second-order valence-electron chi connectivity index (χ2n) is 12.8. The van der Waals surface area contributed by atoms with Crippen molar-refractivity contribution in [1.82, 2.24) is 9.88 Å². The number of carbonyl (C=O) groups is 1. The Morgan fingerprint density at radius 1 is 1.15 bits per heavy atom. The molecular weight excluding hydrogens is 614 g/mol. The lowest BCUT2D eigenvalue weighted by molar-refractivity contribution is -0.111. The monoisotopic (exact) mass is 653 g/mol. The van der Waals surface area contributed by atoms with Crippen molar-refractivity contribution in [3.05, 3.63) is 94.7 Å². The number of halogens is 1. The summed E-state index contributed by atoms with van der Waals surface area (Å²) in [5.74, 6) is 0.718. The van der Waals surface area contributed by atoms with Crippen LogP contribution in [0.1, 0.15) is 43.9 Å². The topological polar surface area (TPSA) is 109 Å². The number of aromatic nitrogens is 1. The zero-order chi connectivity index (χ0) is 33.6. The second-order valence-corrected chi connectivity index (χ2v) is 13.2. The van der Waals surface area contributed by atoms with E-state index >= 15 is 0 Å². The van der Waals surface area contributed by atoms with E-state index in [0.717, 1.165) is 12.0 Å². The van der Waals surface area contributed by atoms with Gasteiger partial charge in [0.25, 0.3) is 0 Å². The molecule has 2 heterocycles. The molecule has 5 rings (SSSR count). The summed E-state index contributed by atoms with van der Waals surface area (Å²) in [7, 11) is 3.85. The Morgan fingerprint density at radius 3 is 2.60 bits per heavy atom. The van der Waals surface area contributed by atoms with Crippen molar-refractivity contribution in [2.24, 2.45) is 0 Å². The first-order chi connectivity index (χ1) is 22.5. The van der Waals surface area contributed by atoms with E-state index in [2.05, 4.69) is 66.7 Å². The summed E-state index contributed by atoms with van der Waals surface area (Å²) in [6.07, 6.45) is 5.38. The van der Waals surface area contributed by atoms with Crippen molar-refractivity contribution in [1.29, 1.82) is 5.26 Å². The molecule has 1 saturated heterocycles. The highest BCUT2D eigenvalue weighted by Crippen LogP contribution is 2.38. The molecule has 0 bridgehead atoms. The third-order valence-corrected chi connectivity index (χ3v) is 7.98. The minimum atomic E-state index is -0.301. The van der Waals surface area contributed by atoms with Gasteiger partial charge in [-0.15, -0.1) is 0 Å². The minimum Gasteiger partial charge on any atom is -0.487 e. The van der Waals surface area contributed by atoms with Gasteiger partial charge in [-0.3, -0.25) is 9.78 Å². The predicted octanol–water partition coefficient (Wildman–Crippen LogP) is 7.60. The lowest BCUT2D eigenvalue weighted by atomic mass is 9.87. The van der Waals surface area contributed by atoms with E-state index in [1.807, 2.05) is 25.1 Å². The number of nitrogens with zero attached hydrogens (tertiary/aromatic N) is 3. The fourth-order valence-corrected chi connectivity index (χ4v) is 5.30. The number of fused-ring (bicyclic) bond motifs is 1. The number of hydrogen-bond donors (Lipinski definition) is 2. The minimum absolute atomic E-state index is 0.0800. The first-order valence-electron chi connectivity index (χ1n) is 15.5. The third kappa shape index (κ3) is 8.80. The van der Waals surface area contributed by atoms with Crippen LogP contribution in [0, 0.1) is 11.3 Å². The van der Waals surface area contributed by atoms with Crippen molar-refractivity contribution in [2.45, 2.75) is 45.3 Å². The smallest absolute Gasteiger partial charge is 0.248 e. The van der Waals surface area contributed by atoms with Crippen LogP contribution >= 0.6 is 11.6 Å². The summed E-state index contributed by atoms with van der Waals surface area (Å²) in [6, 6.07) is 19.5. The lowest BCUT2D eigenvalue weighted by Crippen LogP contribution is -2.18. The Hall–Kier alpha value is -4.62. The Balaban J connectivity index is 1.41. The molecule has 0 spiro atoms. The summed E-state index contributed by atoms with van der Waals surface area (Å²) in [4.78, 5) is 19.4. The van der Waals surface area contributed by atoms with Crippen LogP contribution in [0.2, 0.25) is 5.02 Å². The Labute approximate surface area is 281 Å². The number of ether oxygens (including phenoxy) is 3. The van der Waals surface area contributed by atoms with Gasteiger partial charge in [0, 0.05) is 42.4 Å². The quantitative estimate of drug-likeness (QED) is 0.159. The molecule has 1 amide bonds. The van der Waals surface area contributed by atoms with Gasteiger partial charge in [-0.1, -0.05) is 62.7 Å². The van der Waals surface area contributed by atoms with Gasteiger partial charge in [-0.05, 0) is 54.9 Å². The van der Waals surface area contributed by atoms with Crippen LogP contribution in [0.25, 0.3) is 10.9 Å². The van der Waals surface area contributed by atoms with Crippen LogP contribution in [-0.2, 0) is 21.6 Å². The number of nitrogens with one attached hydrogen (secondary N) is 2. The van der Waals surface area contributed by atoms with E-state index in [1.165, 1.54) is 17.8 Å². The summed E-state index contributed by atoms with van der Waals surface area (Å²) < 4.78 is 17.8. The highest BCUT2D eigenvalue weighted by Gasteiger charge is 2.21. The van der Waals surface area contributed by atoms with Gasteiger partial charge in [-0.25, -0.2) is 0 Å². The molecule has 0 saturated carbocycles. The predicted molar refractivity (Wildman–Crippen MR) is 187 cm³/mol. The SMILES string of the molecule is CN(C)CC=CC(=O)Nc1cc2c(Nc3ccc(OCc4ccc(C(C)(C)C)cc4)c(Cl)c3)c(C#N)cnc2cc1OC1CCOC1. The summed E-state index contributed by atoms with van der Waals surface area (Å²) in [5, 5.41) is 17.3. The molecule has 244 valence electrons. The maximum Gasteiger partial charge on any atom is 0.248 e. The standard InChI is InChI=1S/C37H40ClN5O4/c1-37(2,3)26-10-8-24(9-11-26)22-46-33-13-12-27(17-30(33)38)41-36-25(20-39)21-40-31-19-34(47-28-14-16-45-23-28)32(18-29(31)36)42-35(44)7-6-15-43(4)5/h6-13,17-19,21,28H,14-16,22-23H2,1-5H3,(H,40,41)(H,42,44). The summed E-state index contributed by atoms with van der Waals surface area (Å²) in [6.45, 7) is 8.63. The highest BCUT2D eigenvalue weighted by atomic mass is 35.5. The average molecular weight is 654 g/mol. The first kappa shape index (κ1) is 33.7. The van der Waals surface area contributed by atoms with Gasteiger partial charge in [0.2, 0.25) is 5.91 Å². The summed E-state index contributed by atoms with van der Waals surface area (Å²) >= 11 is 6.66. The molecule has 0 aliphatic carbocycles. The number of hydrogen-bond acceptors (Lipinski definition) is 8. The molecular formula is C37H40ClN5O4. The maximum absolute atomic E-state index is 12.9. The molecule has 47 heavy (non-hydrogen) atoms. The molecule has 3 aromatic carbocycles. The van der Waals surface area contributed by atoms with E-state index in [-0.39, 0.29) is 17.4 Å². The maximum atomic E-state index is 12.9. The number of carbonyl (C=O) groups excluding carboxylic acids is 1. The van der Waals surface area contributed by atoms with Gasteiger partial charge >= 0.3 is 0 Å². The first-order valence-corrected chi connectivity index (χ1v) is 15.9. The van der Waals surface area contributed by atoms with Crippen molar-refractivity contribution in [3.63, 3.8) is 0 Å². The van der Waals surface area contributed by atoms with E-state index in [9.17, 15) is 10.1 Å². The van der Waals surface area contributed by atoms with E-state index < -0.39 is 0 Å². The number of likely N-dealkylation sites (N-methyl/N-ethyl adjacent to an activating group) is 1. The van der Waals surface area contributed by atoms with Gasteiger partial charge in [0.1, 0.15) is 30.3 Å². The molecule has 4 aromatic rings. The fraction of sp³-hybridized carbons (Fsp3) is 0.324. The zero-order valence-corrected chi connectivity index (χ0v) is 28.1. The van der Waals surface area contributed by atoms with E-state index in [1.54, 1.807) is 30.3 Å². The average Bonchev–Trinajstić information content (AvgIpc) is 3.54.